The molecule has 0 fully saturated rings. The SMILES string of the molecule is CCc1ccc(N(C(C)=O)c2nc(COc3cccc([N+](=O)[O-])c3)cs2)cc1. The van der Waals surface area contributed by atoms with Crippen LogP contribution >= 0.6 is 11.3 Å². The van der Waals surface area contributed by atoms with Gasteiger partial charge < -0.3 is 4.74 Å². The minimum atomic E-state index is -0.470. The molecule has 0 saturated heterocycles. The van der Waals surface area contributed by atoms with E-state index in [0.29, 0.717) is 16.6 Å². The molecule has 0 unspecified atom stereocenters. The molecular weight excluding hydrogens is 378 g/mol. The molecule has 1 aromatic heterocycles. The Labute approximate surface area is 166 Å². The van der Waals surface area contributed by atoms with Gasteiger partial charge in [-0.1, -0.05) is 25.1 Å². The molecule has 144 valence electrons. The van der Waals surface area contributed by atoms with E-state index < -0.39 is 4.92 Å². The number of anilines is 2. The van der Waals surface area contributed by atoms with Crippen molar-refractivity contribution >= 4 is 33.8 Å². The van der Waals surface area contributed by atoms with Gasteiger partial charge >= 0.3 is 0 Å². The fourth-order valence-corrected chi connectivity index (χ4v) is 3.49. The number of aryl methyl sites for hydroxylation is 1. The van der Waals surface area contributed by atoms with Gasteiger partial charge in [-0.25, -0.2) is 4.98 Å². The van der Waals surface area contributed by atoms with Gasteiger partial charge in [0.05, 0.1) is 22.4 Å². The first-order valence-electron chi connectivity index (χ1n) is 8.69. The van der Waals surface area contributed by atoms with Crippen LogP contribution in [0, 0.1) is 10.1 Å². The number of carbonyl (C=O) groups excluding carboxylic acids is 1. The Kier molecular flexibility index (Phi) is 6.00. The lowest BCUT2D eigenvalue weighted by atomic mass is 10.1. The number of hydrogen-bond donors (Lipinski definition) is 0. The van der Waals surface area contributed by atoms with E-state index in [1.165, 1.54) is 36.0 Å². The zero-order chi connectivity index (χ0) is 20.1. The molecule has 7 nitrogen and oxygen atoms in total. The molecule has 3 rings (SSSR count). The van der Waals surface area contributed by atoms with Crippen LogP contribution in [0.3, 0.4) is 0 Å². The molecule has 0 spiro atoms. The van der Waals surface area contributed by atoms with E-state index in [0.717, 1.165) is 12.1 Å². The first-order chi connectivity index (χ1) is 13.5. The summed E-state index contributed by atoms with van der Waals surface area (Å²) in [6.07, 6.45) is 0.927. The van der Waals surface area contributed by atoms with Gasteiger partial charge in [-0.2, -0.15) is 0 Å². The van der Waals surface area contributed by atoms with Crippen molar-refractivity contribution in [3.63, 3.8) is 0 Å². The second-order valence-corrected chi connectivity index (χ2v) is 6.88. The molecule has 0 saturated carbocycles. The van der Waals surface area contributed by atoms with Crippen molar-refractivity contribution in [3.8, 4) is 5.75 Å². The van der Waals surface area contributed by atoms with Crippen molar-refractivity contribution in [2.24, 2.45) is 0 Å². The molecule has 2 aromatic carbocycles. The molecule has 0 aliphatic rings. The molecule has 1 heterocycles. The molecule has 28 heavy (non-hydrogen) atoms. The number of ether oxygens (including phenoxy) is 1. The van der Waals surface area contributed by atoms with Gasteiger partial charge in [0, 0.05) is 18.4 Å². The van der Waals surface area contributed by atoms with Gasteiger partial charge in [-0.15, -0.1) is 11.3 Å². The van der Waals surface area contributed by atoms with Crippen LogP contribution in [0.15, 0.2) is 53.9 Å². The molecule has 0 aliphatic carbocycles. The molecule has 0 N–H and O–H groups in total. The Bertz CT molecular complexity index is 985. The van der Waals surface area contributed by atoms with Gasteiger partial charge in [-0.05, 0) is 30.2 Å². The minimum absolute atomic E-state index is 0.0326. The molecular formula is C20H19N3O4S. The third-order valence-electron chi connectivity index (χ3n) is 4.06. The van der Waals surface area contributed by atoms with Crippen LogP contribution in [0.25, 0.3) is 0 Å². The van der Waals surface area contributed by atoms with Crippen molar-refractivity contribution in [1.82, 2.24) is 4.98 Å². The van der Waals surface area contributed by atoms with E-state index >= 15 is 0 Å². The predicted molar refractivity (Wildman–Crippen MR) is 108 cm³/mol. The standard InChI is InChI=1S/C20H19N3O4S/c1-3-15-7-9-17(10-8-15)22(14(2)24)20-21-16(13-28-20)12-27-19-6-4-5-18(11-19)23(25)26/h4-11,13H,3,12H2,1-2H3. The van der Waals surface area contributed by atoms with E-state index in [-0.39, 0.29) is 18.2 Å². The lowest BCUT2D eigenvalue weighted by Crippen LogP contribution is -2.22. The van der Waals surface area contributed by atoms with Gasteiger partial charge in [0.15, 0.2) is 5.13 Å². The van der Waals surface area contributed by atoms with Crippen molar-refractivity contribution in [2.45, 2.75) is 26.9 Å². The van der Waals surface area contributed by atoms with E-state index in [4.69, 9.17) is 4.74 Å². The van der Waals surface area contributed by atoms with E-state index in [1.807, 2.05) is 29.6 Å². The summed E-state index contributed by atoms with van der Waals surface area (Å²) in [4.78, 5) is 28.6. The molecule has 3 aromatic rings. The van der Waals surface area contributed by atoms with Gasteiger partial charge in [0.25, 0.3) is 5.69 Å². The second-order valence-electron chi connectivity index (χ2n) is 6.04. The molecule has 0 bridgehead atoms. The summed E-state index contributed by atoms with van der Waals surface area (Å²) in [7, 11) is 0. The van der Waals surface area contributed by atoms with Crippen molar-refractivity contribution in [2.75, 3.05) is 4.90 Å². The summed E-state index contributed by atoms with van der Waals surface area (Å²) in [6, 6.07) is 13.8. The van der Waals surface area contributed by atoms with Gasteiger partial charge in [0.1, 0.15) is 12.4 Å². The first kappa shape index (κ1) is 19.5. The smallest absolute Gasteiger partial charge is 0.273 e. The molecule has 0 aliphatic heterocycles. The van der Waals surface area contributed by atoms with Crippen LogP contribution in [0.4, 0.5) is 16.5 Å². The number of thiazole rings is 1. The predicted octanol–water partition coefficient (Wildman–Crippen LogP) is 4.88. The van der Waals surface area contributed by atoms with Crippen LogP contribution in [0.2, 0.25) is 0 Å². The zero-order valence-corrected chi connectivity index (χ0v) is 16.3. The normalized spacial score (nSPS) is 10.5. The molecule has 0 radical (unpaired) electrons. The fraction of sp³-hybridized carbons (Fsp3) is 0.200. The summed E-state index contributed by atoms with van der Waals surface area (Å²) in [5.74, 6) is 0.257. The van der Waals surface area contributed by atoms with Crippen molar-refractivity contribution < 1.29 is 14.5 Å². The summed E-state index contributed by atoms with van der Waals surface area (Å²) < 4.78 is 5.61. The summed E-state index contributed by atoms with van der Waals surface area (Å²) >= 11 is 1.34. The average Bonchev–Trinajstić information content (AvgIpc) is 3.15. The van der Waals surface area contributed by atoms with E-state index in [2.05, 4.69) is 11.9 Å². The molecule has 1 amide bonds. The number of nitro groups is 1. The van der Waals surface area contributed by atoms with Crippen molar-refractivity contribution in [1.29, 1.82) is 0 Å². The lowest BCUT2D eigenvalue weighted by Gasteiger charge is -2.18. The molecule has 8 heteroatoms. The minimum Gasteiger partial charge on any atom is -0.487 e. The number of nitrogens with zero attached hydrogens (tertiary/aromatic N) is 3. The fourth-order valence-electron chi connectivity index (χ4n) is 2.62. The Balaban J connectivity index is 1.74. The van der Waals surface area contributed by atoms with Gasteiger partial charge in [-0.3, -0.25) is 19.8 Å². The number of aromatic nitrogens is 1. The largest absolute Gasteiger partial charge is 0.487 e. The van der Waals surface area contributed by atoms with Crippen LogP contribution in [0.1, 0.15) is 25.1 Å². The lowest BCUT2D eigenvalue weighted by molar-refractivity contribution is -0.384. The topological polar surface area (TPSA) is 85.6 Å². The maximum atomic E-state index is 12.2. The highest BCUT2D eigenvalue weighted by Gasteiger charge is 2.18. The van der Waals surface area contributed by atoms with E-state index in [9.17, 15) is 14.9 Å². The number of amides is 1. The third-order valence-corrected chi connectivity index (χ3v) is 4.94. The van der Waals surface area contributed by atoms with Crippen LogP contribution in [-0.4, -0.2) is 15.8 Å². The zero-order valence-electron chi connectivity index (χ0n) is 15.5. The number of rotatable bonds is 7. The number of nitro benzene ring substituents is 1. The quantitative estimate of drug-likeness (QED) is 0.419. The summed E-state index contributed by atoms with van der Waals surface area (Å²) in [5, 5.41) is 13.2. The summed E-state index contributed by atoms with van der Waals surface area (Å²) in [5.41, 5.74) is 2.56. The van der Waals surface area contributed by atoms with Crippen LogP contribution in [0.5, 0.6) is 5.75 Å². The summed E-state index contributed by atoms with van der Waals surface area (Å²) in [6.45, 7) is 3.72. The highest BCUT2D eigenvalue weighted by Crippen LogP contribution is 2.30. The highest BCUT2D eigenvalue weighted by molar-refractivity contribution is 7.14. The number of benzene rings is 2. The maximum absolute atomic E-state index is 12.2. The Morgan fingerprint density at radius 3 is 2.64 bits per heavy atom. The number of carbonyl (C=O) groups is 1. The second kappa shape index (κ2) is 8.62. The Hall–Kier alpha value is -3.26. The van der Waals surface area contributed by atoms with Crippen molar-refractivity contribution in [3.05, 3.63) is 75.3 Å². The third kappa shape index (κ3) is 4.52. The average molecular weight is 397 g/mol. The van der Waals surface area contributed by atoms with Gasteiger partial charge in [0.2, 0.25) is 5.91 Å². The highest BCUT2D eigenvalue weighted by atomic mass is 32.1. The first-order valence-corrected chi connectivity index (χ1v) is 9.57. The Morgan fingerprint density at radius 2 is 2.00 bits per heavy atom. The molecule has 0 atom stereocenters. The van der Waals surface area contributed by atoms with Crippen LogP contribution in [-0.2, 0) is 17.8 Å². The van der Waals surface area contributed by atoms with Crippen LogP contribution < -0.4 is 9.64 Å². The monoisotopic (exact) mass is 397 g/mol. The van der Waals surface area contributed by atoms with E-state index in [1.54, 1.807) is 17.0 Å². The number of hydrogen-bond acceptors (Lipinski definition) is 6. The number of non-ortho nitro benzene ring substituents is 1. The maximum Gasteiger partial charge on any atom is 0.273 e. The Morgan fingerprint density at radius 1 is 1.25 bits per heavy atom.